The Kier molecular flexibility index (Phi) is 2.61. The number of nitro benzene ring substituents is 1. The summed E-state index contributed by atoms with van der Waals surface area (Å²) in [5.41, 5.74) is 0.0612. The molecule has 0 radical (unpaired) electrons. The first-order valence-electron chi connectivity index (χ1n) is 5.46. The molecular formula is C12H13NO4. The maximum absolute atomic E-state index is 11.4. The van der Waals surface area contributed by atoms with Gasteiger partial charge >= 0.3 is 5.97 Å². The number of nitrogens with zero attached hydrogens (tertiary/aromatic N) is 1. The van der Waals surface area contributed by atoms with E-state index in [0.29, 0.717) is 18.4 Å². The highest BCUT2D eigenvalue weighted by Gasteiger charge is 2.49. The molecule has 2 rings (SSSR count). The number of rotatable bonds is 3. The Bertz CT molecular complexity index is 491. The highest BCUT2D eigenvalue weighted by atomic mass is 16.6. The molecule has 17 heavy (non-hydrogen) atoms. The summed E-state index contributed by atoms with van der Waals surface area (Å²) < 4.78 is 0. The van der Waals surface area contributed by atoms with E-state index in [0.717, 1.165) is 12.0 Å². The van der Waals surface area contributed by atoms with Crippen molar-refractivity contribution in [3.05, 3.63) is 39.4 Å². The molecule has 1 fully saturated rings. The molecule has 0 heterocycles. The first kappa shape index (κ1) is 11.6. The van der Waals surface area contributed by atoms with Gasteiger partial charge in [0.1, 0.15) is 0 Å². The molecule has 0 amide bonds. The zero-order valence-corrected chi connectivity index (χ0v) is 9.47. The number of carboxylic acid groups (broad SMARTS) is 1. The largest absolute Gasteiger partial charge is 0.481 e. The summed E-state index contributed by atoms with van der Waals surface area (Å²) in [7, 11) is 0. The molecular weight excluding hydrogens is 222 g/mol. The van der Waals surface area contributed by atoms with Crippen molar-refractivity contribution in [3.63, 3.8) is 0 Å². The Morgan fingerprint density at radius 3 is 2.53 bits per heavy atom. The average molecular weight is 235 g/mol. The second kappa shape index (κ2) is 3.84. The lowest BCUT2D eigenvalue weighted by molar-refractivity contribution is -0.386. The van der Waals surface area contributed by atoms with Gasteiger partial charge in [-0.15, -0.1) is 0 Å². The lowest BCUT2D eigenvalue weighted by Crippen LogP contribution is -2.42. The second-order valence-corrected chi connectivity index (χ2v) is 4.52. The van der Waals surface area contributed by atoms with E-state index < -0.39 is 16.3 Å². The zero-order valence-electron chi connectivity index (χ0n) is 9.47. The molecule has 0 spiro atoms. The van der Waals surface area contributed by atoms with Gasteiger partial charge in [0, 0.05) is 11.6 Å². The van der Waals surface area contributed by atoms with Crippen molar-refractivity contribution in [1.82, 2.24) is 0 Å². The minimum Gasteiger partial charge on any atom is -0.481 e. The van der Waals surface area contributed by atoms with Gasteiger partial charge in [0.05, 0.1) is 10.3 Å². The number of hydrogen-bond donors (Lipinski definition) is 1. The zero-order chi connectivity index (χ0) is 12.6. The number of aryl methyl sites for hydroxylation is 1. The summed E-state index contributed by atoms with van der Waals surface area (Å²) in [4.78, 5) is 21.8. The molecule has 0 aliphatic heterocycles. The Balaban J connectivity index is 2.60. The van der Waals surface area contributed by atoms with Crippen LogP contribution in [0.25, 0.3) is 0 Å². The molecule has 1 N–H and O–H groups in total. The van der Waals surface area contributed by atoms with E-state index in [1.807, 2.05) is 0 Å². The van der Waals surface area contributed by atoms with Crippen LogP contribution in [0.4, 0.5) is 5.69 Å². The van der Waals surface area contributed by atoms with Crippen LogP contribution in [-0.2, 0) is 10.2 Å². The van der Waals surface area contributed by atoms with Crippen molar-refractivity contribution in [3.8, 4) is 0 Å². The van der Waals surface area contributed by atoms with Gasteiger partial charge in [-0.25, -0.2) is 0 Å². The van der Waals surface area contributed by atoms with Crippen LogP contribution in [0.15, 0.2) is 18.2 Å². The third kappa shape index (κ3) is 1.67. The molecule has 0 aromatic heterocycles. The molecule has 0 unspecified atom stereocenters. The fraction of sp³-hybridized carbons (Fsp3) is 0.417. The monoisotopic (exact) mass is 235 g/mol. The van der Waals surface area contributed by atoms with E-state index >= 15 is 0 Å². The van der Waals surface area contributed by atoms with Gasteiger partial charge in [-0.3, -0.25) is 14.9 Å². The number of hydrogen-bond acceptors (Lipinski definition) is 3. The van der Waals surface area contributed by atoms with E-state index in [1.54, 1.807) is 19.1 Å². The fourth-order valence-corrected chi connectivity index (χ4v) is 2.32. The standard InChI is InChI=1S/C12H13NO4/c1-8-3-4-10(13(16)17)9(7-8)12(11(14)15)5-2-6-12/h3-4,7H,2,5-6H2,1H3,(H,14,15). The van der Waals surface area contributed by atoms with E-state index in [1.165, 1.54) is 6.07 Å². The van der Waals surface area contributed by atoms with Gasteiger partial charge in [0.25, 0.3) is 5.69 Å². The topological polar surface area (TPSA) is 80.4 Å². The van der Waals surface area contributed by atoms with E-state index in [9.17, 15) is 20.0 Å². The summed E-state index contributed by atoms with van der Waals surface area (Å²) in [5, 5.41) is 20.3. The predicted molar refractivity (Wildman–Crippen MR) is 61.0 cm³/mol. The number of nitro groups is 1. The number of benzene rings is 1. The molecule has 5 nitrogen and oxygen atoms in total. The van der Waals surface area contributed by atoms with Crippen molar-refractivity contribution >= 4 is 11.7 Å². The first-order chi connectivity index (χ1) is 7.97. The van der Waals surface area contributed by atoms with Gasteiger partial charge in [-0.2, -0.15) is 0 Å². The van der Waals surface area contributed by atoms with Gasteiger partial charge < -0.3 is 5.11 Å². The van der Waals surface area contributed by atoms with Gasteiger partial charge in [-0.1, -0.05) is 18.1 Å². The van der Waals surface area contributed by atoms with Crippen LogP contribution in [0.2, 0.25) is 0 Å². The first-order valence-corrected chi connectivity index (χ1v) is 5.46. The van der Waals surface area contributed by atoms with Crippen molar-refractivity contribution < 1.29 is 14.8 Å². The van der Waals surface area contributed by atoms with E-state index in [4.69, 9.17) is 0 Å². The highest BCUT2D eigenvalue weighted by molar-refractivity contribution is 5.84. The van der Waals surface area contributed by atoms with Crippen molar-refractivity contribution in [2.45, 2.75) is 31.6 Å². The SMILES string of the molecule is Cc1ccc([N+](=O)[O-])c(C2(C(=O)O)CCC2)c1. The summed E-state index contributed by atoms with van der Waals surface area (Å²) in [5.74, 6) is -0.961. The average Bonchev–Trinajstić information content (AvgIpc) is 2.14. The molecule has 5 heteroatoms. The molecule has 1 aliphatic carbocycles. The van der Waals surface area contributed by atoms with Gasteiger partial charge in [0.2, 0.25) is 0 Å². The van der Waals surface area contributed by atoms with Crippen LogP contribution in [0.3, 0.4) is 0 Å². The quantitative estimate of drug-likeness (QED) is 0.644. The van der Waals surface area contributed by atoms with Crippen LogP contribution in [0, 0.1) is 17.0 Å². The van der Waals surface area contributed by atoms with Gasteiger partial charge in [0.15, 0.2) is 0 Å². The van der Waals surface area contributed by atoms with E-state index in [2.05, 4.69) is 0 Å². The number of aliphatic carboxylic acids is 1. The van der Waals surface area contributed by atoms with Crippen LogP contribution >= 0.6 is 0 Å². The molecule has 0 bridgehead atoms. The molecule has 1 aromatic rings. The predicted octanol–water partition coefficient (Wildman–Crippen LogP) is 2.41. The smallest absolute Gasteiger partial charge is 0.314 e. The molecule has 0 saturated heterocycles. The fourth-order valence-electron chi connectivity index (χ4n) is 2.32. The molecule has 90 valence electrons. The third-order valence-electron chi connectivity index (χ3n) is 3.48. The summed E-state index contributed by atoms with van der Waals surface area (Å²) in [6.45, 7) is 1.81. The van der Waals surface area contributed by atoms with Crippen LogP contribution < -0.4 is 0 Å². The molecule has 0 atom stereocenters. The minimum absolute atomic E-state index is 0.0855. The summed E-state index contributed by atoms with van der Waals surface area (Å²) in [6, 6.07) is 4.66. The van der Waals surface area contributed by atoms with Crippen LogP contribution in [0.1, 0.15) is 30.4 Å². The maximum Gasteiger partial charge on any atom is 0.314 e. The molecule has 1 aliphatic rings. The normalized spacial score (nSPS) is 17.2. The lowest BCUT2D eigenvalue weighted by Gasteiger charge is -2.37. The molecule has 1 aromatic carbocycles. The van der Waals surface area contributed by atoms with Crippen LogP contribution in [0.5, 0.6) is 0 Å². The van der Waals surface area contributed by atoms with Crippen molar-refractivity contribution in [2.75, 3.05) is 0 Å². The molecule has 1 saturated carbocycles. The van der Waals surface area contributed by atoms with Crippen molar-refractivity contribution in [1.29, 1.82) is 0 Å². The van der Waals surface area contributed by atoms with Crippen molar-refractivity contribution in [2.24, 2.45) is 0 Å². The lowest BCUT2D eigenvalue weighted by atomic mass is 9.64. The Labute approximate surface area is 98.2 Å². The van der Waals surface area contributed by atoms with Crippen LogP contribution in [-0.4, -0.2) is 16.0 Å². The number of carboxylic acids is 1. The summed E-state index contributed by atoms with van der Waals surface area (Å²) >= 11 is 0. The maximum atomic E-state index is 11.4. The van der Waals surface area contributed by atoms with E-state index in [-0.39, 0.29) is 5.69 Å². The minimum atomic E-state index is -1.05. The third-order valence-corrected chi connectivity index (χ3v) is 3.48. The Hall–Kier alpha value is -1.91. The number of carbonyl (C=O) groups is 1. The highest BCUT2D eigenvalue weighted by Crippen LogP contribution is 2.47. The Morgan fingerprint density at radius 2 is 2.12 bits per heavy atom. The van der Waals surface area contributed by atoms with Gasteiger partial charge in [-0.05, 0) is 25.8 Å². The summed E-state index contributed by atoms with van der Waals surface area (Å²) in [6.07, 6.45) is 1.76. The second-order valence-electron chi connectivity index (χ2n) is 4.52. The Morgan fingerprint density at radius 1 is 1.47 bits per heavy atom.